The van der Waals surface area contributed by atoms with E-state index in [0.717, 1.165) is 20.7 Å². The fourth-order valence-electron chi connectivity index (χ4n) is 4.30. The Labute approximate surface area is 221 Å². The molecule has 5 aromatic rings. The maximum Gasteiger partial charge on any atom is 0.302 e. The Morgan fingerprint density at radius 1 is 1.03 bits per heavy atom. The van der Waals surface area contributed by atoms with Crippen molar-refractivity contribution in [2.75, 3.05) is 10.6 Å². The Bertz CT molecular complexity index is 1700. The van der Waals surface area contributed by atoms with Crippen molar-refractivity contribution < 1.29 is 9.21 Å². The molecular weight excluding hydrogens is 508 g/mol. The molecular formula is C27H21ClN6O2S. The van der Waals surface area contributed by atoms with Crippen LogP contribution in [-0.2, 0) is 4.79 Å². The molecule has 6 rings (SSSR count). The molecule has 0 bridgehead atoms. The number of aliphatic imine (C=N–C) groups is 1. The fraction of sp³-hybridized carbons (Fsp3) is 0.111. The molecule has 1 aliphatic heterocycles. The van der Waals surface area contributed by atoms with Crippen molar-refractivity contribution in [1.29, 1.82) is 0 Å². The molecule has 0 fully saturated rings. The van der Waals surface area contributed by atoms with Crippen LogP contribution in [0.4, 0.5) is 11.7 Å². The zero-order valence-corrected chi connectivity index (χ0v) is 21.4. The number of nitrogens with one attached hydrogen (secondary N) is 3. The number of carbonyl (C=O) groups is 1. The minimum absolute atomic E-state index is 0.286. The maximum atomic E-state index is 13.6. The van der Waals surface area contributed by atoms with Crippen molar-refractivity contribution in [2.24, 2.45) is 4.99 Å². The molecule has 3 N–H and O–H groups in total. The normalized spacial score (nSPS) is 15.5. The van der Waals surface area contributed by atoms with Gasteiger partial charge in [0, 0.05) is 22.0 Å². The molecule has 1 unspecified atom stereocenters. The number of hydrogen-bond donors (Lipinski definition) is 3. The first kappa shape index (κ1) is 23.2. The number of fused-ring (bicyclic) bond motifs is 2. The smallest absolute Gasteiger partial charge is 0.302 e. The van der Waals surface area contributed by atoms with Crippen LogP contribution in [0.15, 0.2) is 87.4 Å². The third kappa shape index (κ3) is 4.54. The number of thiazole rings is 1. The summed E-state index contributed by atoms with van der Waals surface area (Å²) in [4.78, 5) is 27.4. The van der Waals surface area contributed by atoms with Crippen LogP contribution in [0, 0.1) is 6.92 Å². The highest BCUT2D eigenvalue weighted by Gasteiger charge is 2.31. The van der Waals surface area contributed by atoms with Crippen LogP contribution in [-0.4, -0.2) is 21.8 Å². The molecule has 1 atom stereocenters. The monoisotopic (exact) mass is 528 g/mol. The lowest BCUT2D eigenvalue weighted by Crippen LogP contribution is -2.37. The van der Waals surface area contributed by atoms with E-state index in [9.17, 15) is 4.79 Å². The number of rotatable bonds is 4. The zero-order valence-electron chi connectivity index (χ0n) is 19.9. The lowest BCUT2D eigenvalue weighted by Gasteiger charge is -2.27. The molecule has 0 saturated heterocycles. The second kappa shape index (κ2) is 9.34. The van der Waals surface area contributed by atoms with Gasteiger partial charge in [0.25, 0.3) is 5.91 Å². The SMILES string of the molecule is CC1=C(C(=O)Nc2ccc3sc(C)nc3c2)C(c2ccccc2Cl)N=C(Nc2nc3ccccc3o2)N1. The van der Waals surface area contributed by atoms with Crippen molar-refractivity contribution in [3.05, 3.63) is 93.6 Å². The van der Waals surface area contributed by atoms with Gasteiger partial charge in [-0.2, -0.15) is 4.98 Å². The van der Waals surface area contributed by atoms with E-state index in [2.05, 4.69) is 25.9 Å². The number of amides is 1. The molecule has 1 amide bonds. The Kier molecular flexibility index (Phi) is 5.86. The summed E-state index contributed by atoms with van der Waals surface area (Å²) in [7, 11) is 0. The molecule has 10 heteroatoms. The highest BCUT2D eigenvalue weighted by Crippen LogP contribution is 2.36. The standard InChI is InChI=1S/C27H21ClN6O2S/c1-14-23(25(35)31-16-11-12-22-20(13-16)30-15(2)37-22)24(17-7-3-4-8-18(17)28)33-26(29-14)34-27-32-19-9-5-6-10-21(19)36-27/h3-13,24H,1-2H3,(H,31,35)(H2,29,32,33,34). The lowest BCUT2D eigenvalue weighted by molar-refractivity contribution is -0.113. The van der Waals surface area contributed by atoms with Crippen LogP contribution < -0.4 is 16.0 Å². The quantitative estimate of drug-likeness (QED) is 0.248. The summed E-state index contributed by atoms with van der Waals surface area (Å²) in [6.45, 7) is 3.79. The van der Waals surface area contributed by atoms with Crippen LogP contribution in [0.25, 0.3) is 21.3 Å². The number of aromatic nitrogens is 2. The number of guanidine groups is 1. The van der Waals surface area contributed by atoms with E-state index in [-0.39, 0.29) is 11.9 Å². The van der Waals surface area contributed by atoms with Gasteiger partial charge in [-0.25, -0.2) is 9.98 Å². The van der Waals surface area contributed by atoms with Gasteiger partial charge in [0.1, 0.15) is 11.6 Å². The van der Waals surface area contributed by atoms with Gasteiger partial charge in [0.15, 0.2) is 5.58 Å². The summed E-state index contributed by atoms with van der Waals surface area (Å²) in [6.07, 6.45) is 0. The molecule has 0 aliphatic carbocycles. The van der Waals surface area contributed by atoms with Gasteiger partial charge in [-0.15, -0.1) is 11.3 Å². The van der Waals surface area contributed by atoms with Gasteiger partial charge >= 0.3 is 6.01 Å². The van der Waals surface area contributed by atoms with Gasteiger partial charge in [0.05, 0.1) is 20.8 Å². The molecule has 37 heavy (non-hydrogen) atoms. The maximum absolute atomic E-state index is 13.6. The second-order valence-corrected chi connectivity index (χ2v) is 10.2. The first-order chi connectivity index (χ1) is 17.9. The first-order valence-corrected chi connectivity index (χ1v) is 12.8. The number of anilines is 2. The van der Waals surface area contributed by atoms with Gasteiger partial charge in [0.2, 0.25) is 5.96 Å². The molecule has 1 aliphatic rings. The third-order valence-corrected chi connectivity index (χ3v) is 7.25. The van der Waals surface area contributed by atoms with Crippen molar-refractivity contribution in [3.8, 4) is 0 Å². The van der Waals surface area contributed by atoms with Gasteiger partial charge in [-0.05, 0) is 50.2 Å². The third-order valence-electron chi connectivity index (χ3n) is 5.96. The Morgan fingerprint density at radius 2 is 1.84 bits per heavy atom. The number of oxazole rings is 1. The summed E-state index contributed by atoms with van der Waals surface area (Å²) in [5.41, 5.74) is 4.66. The van der Waals surface area contributed by atoms with E-state index in [4.69, 9.17) is 21.0 Å². The van der Waals surface area contributed by atoms with Crippen molar-refractivity contribution >= 4 is 67.8 Å². The number of hydrogen-bond acceptors (Lipinski definition) is 8. The van der Waals surface area contributed by atoms with Crippen LogP contribution in [0.2, 0.25) is 5.02 Å². The van der Waals surface area contributed by atoms with E-state index >= 15 is 0 Å². The van der Waals surface area contributed by atoms with Crippen LogP contribution in [0.1, 0.15) is 23.5 Å². The number of halogens is 1. The zero-order chi connectivity index (χ0) is 25.5. The average Bonchev–Trinajstić information content (AvgIpc) is 3.45. The molecule has 2 aromatic heterocycles. The topological polar surface area (TPSA) is 104 Å². The minimum atomic E-state index is -0.660. The molecule has 8 nitrogen and oxygen atoms in total. The fourth-order valence-corrected chi connectivity index (χ4v) is 5.35. The highest BCUT2D eigenvalue weighted by atomic mass is 35.5. The van der Waals surface area contributed by atoms with Crippen molar-refractivity contribution in [2.45, 2.75) is 19.9 Å². The Balaban J connectivity index is 1.33. The Morgan fingerprint density at radius 3 is 2.68 bits per heavy atom. The van der Waals surface area contributed by atoms with E-state index in [0.29, 0.717) is 39.1 Å². The van der Waals surface area contributed by atoms with Gasteiger partial charge < -0.3 is 15.1 Å². The van der Waals surface area contributed by atoms with E-state index in [1.165, 1.54) is 0 Å². The largest absolute Gasteiger partial charge is 0.423 e. The second-order valence-electron chi connectivity index (χ2n) is 8.55. The van der Waals surface area contributed by atoms with Gasteiger partial charge in [-0.3, -0.25) is 10.1 Å². The molecule has 0 radical (unpaired) electrons. The first-order valence-electron chi connectivity index (χ1n) is 11.6. The highest BCUT2D eigenvalue weighted by molar-refractivity contribution is 7.18. The summed E-state index contributed by atoms with van der Waals surface area (Å²) >= 11 is 8.18. The predicted molar refractivity (Wildman–Crippen MR) is 148 cm³/mol. The average molecular weight is 529 g/mol. The van der Waals surface area contributed by atoms with Crippen molar-refractivity contribution in [3.63, 3.8) is 0 Å². The predicted octanol–water partition coefficient (Wildman–Crippen LogP) is 6.42. The van der Waals surface area contributed by atoms with E-state index < -0.39 is 6.04 Å². The molecule has 0 saturated carbocycles. The number of carbonyl (C=O) groups excluding carboxylic acids is 1. The lowest BCUT2D eigenvalue weighted by atomic mass is 9.95. The summed E-state index contributed by atoms with van der Waals surface area (Å²) < 4.78 is 6.86. The summed E-state index contributed by atoms with van der Waals surface area (Å²) in [5, 5.41) is 10.8. The molecule has 3 aromatic carbocycles. The number of benzene rings is 3. The van der Waals surface area contributed by atoms with E-state index in [1.807, 2.05) is 74.5 Å². The number of allylic oxidation sites excluding steroid dienone is 1. The van der Waals surface area contributed by atoms with Crippen LogP contribution in [0.3, 0.4) is 0 Å². The van der Waals surface area contributed by atoms with Crippen LogP contribution in [0.5, 0.6) is 0 Å². The Hall–Kier alpha value is -4.21. The molecule has 0 spiro atoms. The summed E-state index contributed by atoms with van der Waals surface area (Å²) in [5.74, 6) is 0.107. The number of aryl methyl sites for hydroxylation is 1. The molecule has 184 valence electrons. The molecule has 3 heterocycles. The number of nitrogens with zero attached hydrogens (tertiary/aromatic N) is 3. The minimum Gasteiger partial charge on any atom is -0.423 e. The summed E-state index contributed by atoms with van der Waals surface area (Å²) in [6, 6.07) is 20.2. The van der Waals surface area contributed by atoms with Crippen molar-refractivity contribution in [1.82, 2.24) is 15.3 Å². The number of para-hydroxylation sites is 2. The van der Waals surface area contributed by atoms with Crippen LogP contribution >= 0.6 is 22.9 Å². The van der Waals surface area contributed by atoms with Gasteiger partial charge in [-0.1, -0.05) is 41.9 Å². The van der Waals surface area contributed by atoms with E-state index in [1.54, 1.807) is 17.4 Å².